The van der Waals surface area contributed by atoms with Crippen molar-refractivity contribution in [3.8, 4) is 11.1 Å². The topological polar surface area (TPSA) is 163 Å². The molecule has 3 aliphatic carbocycles. The Bertz CT molecular complexity index is 2970. The second-order valence-corrected chi connectivity index (χ2v) is 20.4. The fourth-order valence-corrected chi connectivity index (χ4v) is 11.1. The van der Waals surface area contributed by atoms with Gasteiger partial charge in [-0.25, -0.2) is 26.0 Å². The second-order valence-electron chi connectivity index (χ2n) is 17.2. The molecule has 4 aromatic heterocycles. The Balaban J connectivity index is 1.16. The molecule has 65 heavy (non-hydrogen) atoms. The number of aromatic nitrogens is 7. The molecule has 0 bridgehead atoms. The number of hydrogen-bond donors (Lipinski definition) is 2. The van der Waals surface area contributed by atoms with E-state index >= 15 is 8.78 Å². The Morgan fingerprint density at radius 2 is 1.69 bits per heavy atom. The molecule has 2 N–H and O–H groups in total. The number of alkyl halides is 6. The standard InChI is InChI=1S/C42H38ClF8N9O4S/c1-41(2,65(62,63)22-5-6-22)11-10-21-4-7-23(24-8-9-27(43)31-34(24)59(3)58-38(31)54-40-56-55-39(64-40)37(48)49)32(52-21)28(14-18-12-19(44)15-20(45)13-18)53-29(61)17-60-35-30(33(57-60)36(46)47)25-16-26(25)42(35,50)51/h4,7-9,12-13,15,22,25-26,28,36-37H,5-6,10-11,14,16-17H2,1-3H3,(H,53,61)(H,54,56,58)/t25?,26-,28+/m1/s1. The Morgan fingerprint density at radius 3 is 2.35 bits per heavy atom. The Labute approximate surface area is 369 Å². The van der Waals surface area contributed by atoms with Crippen LogP contribution in [0.4, 0.5) is 47.0 Å². The summed E-state index contributed by atoms with van der Waals surface area (Å²) in [5.41, 5.74) is -0.490. The third-order valence-corrected chi connectivity index (χ3v) is 15.7. The van der Waals surface area contributed by atoms with Crippen molar-refractivity contribution < 1.29 is 52.8 Å². The van der Waals surface area contributed by atoms with Crippen LogP contribution in [-0.4, -0.2) is 59.1 Å². The van der Waals surface area contributed by atoms with Gasteiger partial charge < -0.3 is 9.73 Å². The van der Waals surface area contributed by atoms with E-state index in [1.54, 1.807) is 39.1 Å². The summed E-state index contributed by atoms with van der Waals surface area (Å²) in [7, 11) is -1.98. The van der Waals surface area contributed by atoms with Crippen molar-refractivity contribution in [1.82, 2.24) is 40.1 Å². The molecule has 0 radical (unpaired) electrons. The SMILES string of the molecule is Cn1nc(Nc2nnc(C(F)F)o2)c2c(Cl)ccc(-c3ccc(CCC(C)(C)S(=O)(=O)C4CC4)nc3[C@H](Cc3cc(F)cc(F)c3)NC(=O)Cn3nc(C(F)F)c4c3C(F)(F)[C@@H]3CC43)c21. The maximum Gasteiger partial charge on any atom is 0.321 e. The molecule has 3 atom stereocenters. The summed E-state index contributed by atoms with van der Waals surface area (Å²) < 4.78 is 148. The summed E-state index contributed by atoms with van der Waals surface area (Å²) in [6.07, 6.45) is -5.27. The van der Waals surface area contributed by atoms with Gasteiger partial charge in [-0.2, -0.15) is 27.8 Å². The van der Waals surface area contributed by atoms with Gasteiger partial charge in [-0.1, -0.05) is 28.8 Å². The lowest BCUT2D eigenvalue weighted by molar-refractivity contribution is -0.123. The number of benzene rings is 2. The number of rotatable bonds is 16. The third-order valence-electron chi connectivity index (χ3n) is 12.3. The van der Waals surface area contributed by atoms with Crippen LogP contribution in [0.15, 0.2) is 46.9 Å². The predicted molar refractivity (Wildman–Crippen MR) is 219 cm³/mol. The number of carbonyl (C=O) groups excluding carboxylic acids is 1. The highest BCUT2D eigenvalue weighted by Gasteiger charge is 2.67. The van der Waals surface area contributed by atoms with E-state index in [1.807, 2.05) is 0 Å². The summed E-state index contributed by atoms with van der Waals surface area (Å²) in [6.45, 7) is 2.30. The van der Waals surface area contributed by atoms with Gasteiger partial charge in [0.2, 0.25) is 5.91 Å². The Kier molecular flexibility index (Phi) is 11.0. The molecule has 6 aromatic rings. The average Bonchev–Trinajstić information content (AvgIpc) is 4.11. The molecule has 9 rings (SSSR count). The average molecular weight is 952 g/mol. The van der Waals surface area contributed by atoms with Crippen molar-refractivity contribution in [1.29, 1.82) is 0 Å². The highest BCUT2D eigenvalue weighted by molar-refractivity contribution is 7.93. The van der Waals surface area contributed by atoms with Gasteiger partial charge in [0, 0.05) is 41.4 Å². The van der Waals surface area contributed by atoms with Crippen LogP contribution in [-0.2, 0) is 47.0 Å². The predicted octanol–water partition coefficient (Wildman–Crippen LogP) is 9.36. The molecule has 3 aliphatic rings. The lowest BCUT2D eigenvalue weighted by Gasteiger charge is -2.26. The zero-order valence-electron chi connectivity index (χ0n) is 34.5. The maximum absolute atomic E-state index is 15.5. The van der Waals surface area contributed by atoms with Gasteiger partial charge in [-0.3, -0.25) is 24.5 Å². The van der Waals surface area contributed by atoms with E-state index < -0.39 is 104 Å². The van der Waals surface area contributed by atoms with Gasteiger partial charge in [0.25, 0.3) is 18.2 Å². The number of hydrogen-bond acceptors (Lipinski definition) is 10. The number of pyridine rings is 1. The van der Waals surface area contributed by atoms with Crippen molar-refractivity contribution in [3.05, 3.63) is 98.9 Å². The number of carbonyl (C=O) groups is 1. The first-order valence-electron chi connectivity index (χ1n) is 20.4. The molecular formula is C42H38ClF8N9O4S. The second kappa shape index (κ2) is 16.1. The van der Waals surface area contributed by atoms with Crippen LogP contribution in [0.5, 0.6) is 0 Å². The van der Waals surface area contributed by atoms with Crippen molar-refractivity contribution in [2.75, 3.05) is 5.32 Å². The summed E-state index contributed by atoms with van der Waals surface area (Å²) in [4.78, 5) is 19.1. The maximum atomic E-state index is 15.5. The van der Waals surface area contributed by atoms with E-state index in [2.05, 4.69) is 31.0 Å². The fraction of sp³-hybridized carbons (Fsp3) is 0.429. The number of fused-ring (bicyclic) bond motifs is 4. The van der Waals surface area contributed by atoms with Crippen molar-refractivity contribution >= 4 is 50.1 Å². The molecule has 13 nitrogen and oxygen atoms in total. The van der Waals surface area contributed by atoms with Crippen LogP contribution in [0.1, 0.15) is 104 Å². The van der Waals surface area contributed by atoms with Gasteiger partial charge in [0.1, 0.15) is 29.6 Å². The molecule has 23 heteroatoms. The van der Waals surface area contributed by atoms with Gasteiger partial charge in [0.05, 0.1) is 37.7 Å². The van der Waals surface area contributed by atoms with Crippen molar-refractivity contribution in [2.24, 2.45) is 13.0 Å². The quantitative estimate of drug-likeness (QED) is 0.0895. The summed E-state index contributed by atoms with van der Waals surface area (Å²) in [6, 6.07) is 7.27. The molecule has 2 aromatic carbocycles. The molecule has 344 valence electrons. The van der Waals surface area contributed by atoms with Crippen LogP contribution < -0.4 is 10.6 Å². The lowest BCUT2D eigenvalue weighted by atomic mass is 9.93. The summed E-state index contributed by atoms with van der Waals surface area (Å²) >= 11 is 6.73. The first kappa shape index (κ1) is 44.6. The molecule has 1 unspecified atom stereocenters. The van der Waals surface area contributed by atoms with Crippen LogP contribution in [0.25, 0.3) is 22.0 Å². The first-order valence-corrected chi connectivity index (χ1v) is 22.4. The van der Waals surface area contributed by atoms with Crippen molar-refractivity contribution in [3.63, 3.8) is 0 Å². The molecule has 0 spiro atoms. The lowest BCUT2D eigenvalue weighted by Crippen LogP contribution is -2.36. The number of aryl methyl sites for hydroxylation is 2. The van der Waals surface area contributed by atoms with E-state index in [9.17, 15) is 39.6 Å². The van der Waals surface area contributed by atoms with Gasteiger partial charge in [-0.05, 0) is 88.1 Å². The monoisotopic (exact) mass is 951 g/mol. The van der Waals surface area contributed by atoms with Crippen molar-refractivity contribution in [2.45, 2.75) is 99.6 Å². The van der Waals surface area contributed by atoms with Gasteiger partial charge >= 0.3 is 12.4 Å². The molecule has 4 heterocycles. The number of amides is 1. The van der Waals surface area contributed by atoms with E-state index in [1.165, 1.54) is 10.7 Å². The normalized spacial score (nSPS) is 18.4. The largest absolute Gasteiger partial charge is 0.402 e. The number of anilines is 2. The van der Waals surface area contributed by atoms with E-state index in [0.29, 0.717) is 40.4 Å². The van der Waals surface area contributed by atoms with Crippen LogP contribution in [0.2, 0.25) is 5.02 Å². The molecule has 1 amide bonds. The zero-order chi connectivity index (χ0) is 46.5. The zero-order valence-corrected chi connectivity index (χ0v) is 36.1. The Hall–Kier alpha value is -5.64. The molecule has 2 fully saturated rings. The third kappa shape index (κ3) is 8.09. The highest BCUT2D eigenvalue weighted by atomic mass is 35.5. The van der Waals surface area contributed by atoms with Crippen LogP contribution in [0, 0.1) is 17.6 Å². The van der Waals surface area contributed by atoms with E-state index in [4.69, 9.17) is 21.0 Å². The molecule has 0 saturated heterocycles. The fourth-order valence-electron chi connectivity index (χ4n) is 8.84. The number of nitrogens with one attached hydrogen (secondary N) is 2. The Morgan fingerprint density at radius 1 is 0.985 bits per heavy atom. The molecule has 0 aliphatic heterocycles. The highest BCUT2D eigenvalue weighted by Crippen LogP contribution is 2.68. The van der Waals surface area contributed by atoms with Gasteiger partial charge in [-0.15, -0.1) is 5.10 Å². The smallest absolute Gasteiger partial charge is 0.321 e. The minimum Gasteiger partial charge on any atom is -0.402 e. The number of nitrogens with zero attached hydrogens (tertiary/aromatic N) is 7. The molecular weight excluding hydrogens is 914 g/mol. The first-order chi connectivity index (χ1) is 30.6. The summed E-state index contributed by atoms with van der Waals surface area (Å²) in [5, 5.41) is 20.5. The van der Waals surface area contributed by atoms with Crippen LogP contribution in [0.3, 0.4) is 0 Å². The summed E-state index contributed by atoms with van der Waals surface area (Å²) in [5.74, 6) is -9.38. The number of halogens is 9. The minimum absolute atomic E-state index is 0.00112. The van der Waals surface area contributed by atoms with Gasteiger partial charge in [0.15, 0.2) is 15.7 Å². The van der Waals surface area contributed by atoms with E-state index in [0.717, 1.165) is 12.1 Å². The molecule has 2 saturated carbocycles. The number of sulfone groups is 1. The van der Waals surface area contributed by atoms with Crippen LogP contribution >= 0.6 is 11.6 Å². The van der Waals surface area contributed by atoms with E-state index in [-0.39, 0.29) is 64.3 Å². The minimum atomic E-state index is -3.53.